The number of thiophene rings is 1. The van der Waals surface area contributed by atoms with Crippen LogP contribution in [0.3, 0.4) is 0 Å². The van der Waals surface area contributed by atoms with Crippen molar-refractivity contribution in [3.05, 3.63) is 90.8 Å². The number of rotatable bonds is 11. The molecule has 8 nitrogen and oxygen atoms in total. The number of ether oxygens (including phenoxy) is 1. The van der Waals surface area contributed by atoms with Crippen molar-refractivity contribution in [3.8, 4) is 22.1 Å². The number of likely N-dealkylation sites (tertiary alicyclic amines) is 1. The predicted octanol–water partition coefficient (Wildman–Crippen LogP) is 6.74. The summed E-state index contributed by atoms with van der Waals surface area (Å²) in [5.41, 5.74) is 2.92. The Hall–Kier alpha value is -4.41. The summed E-state index contributed by atoms with van der Waals surface area (Å²) in [5, 5.41) is 0. The quantitative estimate of drug-likeness (QED) is 0.152. The van der Waals surface area contributed by atoms with E-state index >= 15 is 4.39 Å². The lowest BCUT2D eigenvalue weighted by molar-refractivity contribution is -0.130. The van der Waals surface area contributed by atoms with E-state index in [4.69, 9.17) is 4.74 Å². The van der Waals surface area contributed by atoms with Crippen LogP contribution in [0.2, 0.25) is 0 Å². The number of hydrogen-bond donors (Lipinski definition) is 0. The smallest absolute Gasteiger partial charge is 0.237 e. The van der Waals surface area contributed by atoms with E-state index in [9.17, 15) is 9.59 Å². The first-order valence-electron chi connectivity index (χ1n) is 15.5. The summed E-state index contributed by atoms with van der Waals surface area (Å²) in [6.45, 7) is 4.94. The Morgan fingerprint density at radius 2 is 1.82 bits per heavy atom. The first kappa shape index (κ1) is 29.3. The van der Waals surface area contributed by atoms with Crippen molar-refractivity contribution in [1.29, 1.82) is 0 Å². The third kappa shape index (κ3) is 6.39. The van der Waals surface area contributed by atoms with Crippen LogP contribution >= 0.6 is 11.3 Å². The minimum Gasteiger partial charge on any atom is -0.453 e. The Balaban J connectivity index is 1.00. The van der Waals surface area contributed by atoms with E-state index in [1.54, 1.807) is 23.2 Å². The number of aromatic nitrogens is 3. The van der Waals surface area contributed by atoms with E-state index in [0.717, 1.165) is 46.0 Å². The summed E-state index contributed by atoms with van der Waals surface area (Å²) in [5.74, 6) is -1.14. The molecule has 0 spiro atoms. The largest absolute Gasteiger partial charge is 0.453 e. The molecule has 0 aliphatic carbocycles. The number of fused-ring (bicyclic) bond motifs is 1. The van der Waals surface area contributed by atoms with Gasteiger partial charge in [-0.15, -0.1) is 11.3 Å². The van der Waals surface area contributed by atoms with Gasteiger partial charge in [0.05, 0.1) is 33.0 Å². The monoisotopic (exact) mass is 623 g/mol. The van der Waals surface area contributed by atoms with Crippen molar-refractivity contribution in [1.82, 2.24) is 19.4 Å². The van der Waals surface area contributed by atoms with E-state index < -0.39 is 11.7 Å². The molecule has 5 heterocycles. The summed E-state index contributed by atoms with van der Waals surface area (Å²) in [4.78, 5) is 40.3. The molecule has 0 saturated carbocycles. The van der Waals surface area contributed by atoms with E-state index in [-0.39, 0.29) is 23.9 Å². The number of halogens is 1. The number of aryl methyl sites for hydroxylation is 1. The maximum Gasteiger partial charge on any atom is 0.237 e. The molecule has 45 heavy (non-hydrogen) atoms. The highest BCUT2D eigenvalue weighted by atomic mass is 32.1. The summed E-state index contributed by atoms with van der Waals surface area (Å²) < 4.78 is 24.2. The summed E-state index contributed by atoms with van der Waals surface area (Å²) in [6.07, 6.45) is 9.71. The summed E-state index contributed by atoms with van der Waals surface area (Å²) >= 11 is 1.51. The fraction of sp³-hybridized carbons (Fsp3) is 0.314. The second-order valence-corrected chi connectivity index (χ2v) is 12.8. The van der Waals surface area contributed by atoms with Crippen LogP contribution in [0.5, 0.6) is 11.5 Å². The number of pyridine rings is 1. The number of nitrogens with zero attached hydrogens (tertiary/aromatic N) is 5. The lowest BCUT2D eigenvalue weighted by atomic mass is 9.96. The van der Waals surface area contributed by atoms with E-state index in [2.05, 4.69) is 25.6 Å². The lowest BCUT2D eigenvalue weighted by Crippen LogP contribution is -2.30. The van der Waals surface area contributed by atoms with Gasteiger partial charge in [0.25, 0.3) is 0 Å². The number of para-hydroxylation sites is 1. The molecule has 230 valence electrons. The standard InChI is InChI=1S/C35H34FN5O3S/c36-27-19-24(20-30(42)26-12-18-41(35(26)43)25-7-2-1-3-8-25)9-10-31(27)44-32-11-13-37-28-21-33(45-34(28)32)29-22-40(23-38-29)17-6-16-39-14-4-5-15-39/h1-3,7-11,13,19,21-23,26H,4-6,12,14-18,20H2. The fourth-order valence-electron chi connectivity index (χ4n) is 6.24. The molecule has 1 atom stereocenters. The molecule has 7 rings (SSSR count). The Kier molecular flexibility index (Phi) is 8.41. The minimum atomic E-state index is -0.719. The molecule has 0 bridgehead atoms. The van der Waals surface area contributed by atoms with Gasteiger partial charge in [0.2, 0.25) is 5.91 Å². The first-order valence-corrected chi connectivity index (χ1v) is 16.3. The van der Waals surface area contributed by atoms with Crippen molar-refractivity contribution in [2.75, 3.05) is 31.1 Å². The average Bonchev–Trinajstić information content (AvgIpc) is 3.86. The van der Waals surface area contributed by atoms with Crippen molar-refractivity contribution in [3.63, 3.8) is 0 Å². The Labute approximate surface area is 265 Å². The molecule has 2 fully saturated rings. The molecule has 1 unspecified atom stereocenters. The third-order valence-electron chi connectivity index (χ3n) is 8.61. The highest BCUT2D eigenvalue weighted by molar-refractivity contribution is 7.22. The van der Waals surface area contributed by atoms with Crippen LogP contribution in [-0.4, -0.2) is 57.3 Å². The van der Waals surface area contributed by atoms with Crippen molar-refractivity contribution in [2.45, 2.75) is 38.6 Å². The normalized spacial score (nSPS) is 17.0. The van der Waals surface area contributed by atoms with Crippen LogP contribution < -0.4 is 9.64 Å². The zero-order chi connectivity index (χ0) is 30.8. The topological polar surface area (TPSA) is 80.6 Å². The number of Topliss-reactive ketones (excluding diaryl/α,β-unsaturated/α-hetero) is 1. The molecule has 2 aromatic carbocycles. The van der Waals surface area contributed by atoms with Crippen LogP contribution in [0.25, 0.3) is 20.8 Å². The van der Waals surface area contributed by atoms with E-state index in [1.165, 1.54) is 49.4 Å². The molecule has 2 saturated heterocycles. The molecule has 5 aromatic rings. The maximum absolute atomic E-state index is 15.3. The van der Waals surface area contributed by atoms with Gasteiger partial charge in [-0.3, -0.25) is 14.6 Å². The average molecular weight is 624 g/mol. The minimum absolute atomic E-state index is 0.0189. The predicted molar refractivity (Wildman–Crippen MR) is 173 cm³/mol. The second kappa shape index (κ2) is 12.9. The van der Waals surface area contributed by atoms with Gasteiger partial charge in [0, 0.05) is 43.7 Å². The summed E-state index contributed by atoms with van der Waals surface area (Å²) in [7, 11) is 0. The molecule has 2 aliphatic heterocycles. The summed E-state index contributed by atoms with van der Waals surface area (Å²) in [6, 6.07) is 17.6. The zero-order valence-corrected chi connectivity index (χ0v) is 25.7. The van der Waals surface area contributed by atoms with Gasteiger partial charge in [-0.25, -0.2) is 9.37 Å². The highest BCUT2D eigenvalue weighted by Gasteiger charge is 2.37. The number of imidazole rings is 1. The fourth-order valence-corrected chi connectivity index (χ4v) is 7.26. The Morgan fingerprint density at radius 3 is 2.64 bits per heavy atom. The zero-order valence-electron chi connectivity index (χ0n) is 24.9. The van der Waals surface area contributed by atoms with Gasteiger partial charge >= 0.3 is 0 Å². The number of ketones is 1. The lowest BCUT2D eigenvalue weighted by Gasteiger charge is -2.16. The van der Waals surface area contributed by atoms with Crippen LogP contribution in [-0.2, 0) is 22.6 Å². The van der Waals surface area contributed by atoms with Gasteiger partial charge in [0.15, 0.2) is 11.6 Å². The van der Waals surface area contributed by atoms with E-state index in [0.29, 0.717) is 24.3 Å². The molecule has 10 heteroatoms. The molecule has 3 aromatic heterocycles. The van der Waals surface area contributed by atoms with Crippen molar-refractivity contribution < 1.29 is 18.7 Å². The van der Waals surface area contributed by atoms with Gasteiger partial charge in [-0.1, -0.05) is 24.3 Å². The van der Waals surface area contributed by atoms with Crippen LogP contribution in [0, 0.1) is 11.7 Å². The molecular formula is C35H34FN5O3S. The molecule has 0 N–H and O–H groups in total. The Morgan fingerprint density at radius 1 is 0.978 bits per heavy atom. The third-order valence-corrected chi connectivity index (χ3v) is 9.77. The number of benzene rings is 2. The molecule has 1 amide bonds. The van der Waals surface area contributed by atoms with Gasteiger partial charge < -0.3 is 19.1 Å². The van der Waals surface area contributed by atoms with Gasteiger partial charge in [0.1, 0.15) is 11.5 Å². The second-order valence-electron chi connectivity index (χ2n) is 11.7. The number of hydrogen-bond acceptors (Lipinski definition) is 7. The number of anilines is 1. The van der Waals surface area contributed by atoms with Crippen LogP contribution in [0.15, 0.2) is 79.4 Å². The van der Waals surface area contributed by atoms with E-state index in [1.807, 2.05) is 42.7 Å². The highest BCUT2D eigenvalue weighted by Crippen LogP contribution is 2.39. The number of carbonyl (C=O) groups is 2. The molecular weight excluding hydrogens is 589 g/mol. The van der Waals surface area contributed by atoms with Crippen molar-refractivity contribution in [2.24, 2.45) is 5.92 Å². The Bertz CT molecular complexity index is 1830. The number of carbonyl (C=O) groups excluding carboxylic acids is 2. The first-order chi connectivity index (χ1) is 22.0. The van der Waals surface area contributed by atoms with Crippen LogP contribution in [0.1, 0.15) is 31.2 Å². The maximum atomic E-state index is 15.3. The SMILES string of the molecule is O=C(Cc1ccc(Oc2ccnc3cc(-c4cn(CCCN5CCCC5)cn4)sc23)c(F)c1)C1CCN(c2ccccc2)C1=O. The van der Waals surface area contributed by atoms with Gasteiger partial charge in [-0.2, -0.15) is 0 Å². The van der Waals surface area contributed by atoms with Crippen LogP contribution in [0.4, 0.5) is 10.1 Å². The van der Waals surface area contributed by atoms with Gasteiger partial charge in [-0.05, 0) is 81.2 Å². The molecule has 2 aliphatic rings. The van der Waals surface area contributed by atoms with Crippen molar-refractivity contribution >= 4 is 38.9 Å². The number of amides is 1. The molecule has 0 radical (unpaired) electrons.